The average Bonchev–Trinajstić information content (AvgIpc) is 2.38. The summed E-state index contributed by atoms with van der Waals surface area (Å²) in [5, 5.41) is 0.100. The summed E-state index contributed by atoms with van der Waals surface area (Å²) in [6, 6.07) is 5.02. The predicted molar refractivity (Wildman–Crippen MR) is 68.3 cm³/mol. The van der Waals surface area contributed by atoms with Gasteiger partial charge in [-0.15, -0.1) is 0 Å². The third-order valence-corrected chi connectivity index (χ3v) is 3.42. The number of alkyl halides is 3. The number of nitrogens with zero attached hydrogens (tertiary/aromatic N) is 1. The van der Waals surface area contributed by atoms with Crippen molar-refractivity contribution in [2.24, 2.45) is 5.73 Å². The summed E-state index contributed by atoms with van der Waals surface area (Å²) in [5.41, 5.74) is 4.52. The molecule has 0 atom stereocenters. The molecule has 1 aromatic heterocycles. The molecule has 0 spiro atoms. The molecule has 8 heteroatoms. The van der Waals surface area contributed by atoms with Crippen LogP contribution < -0.4 is 11.3 Å². The molecule has 0 bridgehead atoms. The molecule has 2 aromatic rings. The number of halogens is 3. The Balaban J connectivity index is 2.43. The number of aromatic amines is 1. The Morgan fingerprint density at radius 1 is 1.30 bits per heavy atom. The maximum Gasteiger partial charge on any atom is 0.417 e. The van der Waals surface area contributed by atoms with E-state index in [0.29, 0.717) is 5.56 Å². The van der Waals surface area contributed by atoms with Gasteiger partial charge in [-0.2, -0.15) is 13.2 Å². The van der Waals surface area contributed by atoms with E-state index in [-0.39, 0.29) is 16.6 Å². The van der Waals surface area contributed by atoms with E-state index in [1.807, 2.05) is 0 Å². The van der Waals surface area contributed by atoms with Crippen molar-refractivity contribution < 1.29 is 13.2 Å². The maximum absolute atomic E-state index is 13.0. The van der Waals surface area contributed by atoms with Crippen molar-refractivity contribution in [2.75, 3.05) is 0 Å². The predicted octanol–water partition coefficient (Wildman–Crippen LogP) is 2.40. The number of H-pyrrole nitrogens is 1. The highest BCUT2D eigenvalue weighted by Crippen LogP contribution is 2.38. The topological polar surface area (TPSA) is 71.8 Å². The van der Waals surface area contributed by atoms with Crippen LogP contribution in [-0.2, 0) is 12.7 Å². The van der Waals surface area contributed by atoms with E-state index in [4.69, 9.17) is 5.73 Å². The van der Waals surface area contributed by atoms with Gasteiger partial charge in [-0.1, -0.05) is 17.8 Å². The number of benzene rings is 1. The molecule has 0 saturated heterocycles. The molecular formula is C12H10F3N3OS. The van der Waals surface area contributed by atoms with Crippen LogP contribution in [0.2, 0.25) is 0 Å². The first kappa shape index (κ1) is 14.6. The summed E-state index contributed by atoms with van der Waals surface area (Å²) in [5.74, 6) is 0. The van der Waals surface area contributed by atoms with Crippen LogP contribution >= 0.6 is 11.8 Å². The molecule has 0 radical (unpaired) electrons. The molecule has 4 nitrogen and oxygen atoms in total. The molecule has 0 unspecified atom stereocenters. The molecule has 3 N–H and O–H groups in total. The third-order valence-electron chi connectivity index (χ3n) is 2.44. The third kappa shape index (κ3) is 3.40. The average molecular weight is 301 g/mol. The highest BCUT2D eigenvalue weighted by molar-refractivity contribution is 7.99. The Kier molecular flexibility index (Phi) is 4.15. The fraction of sp³-hybridized carbons (Fsp3) is 0.167. The molecule has 0 aliphatic rings. The Morgan fingerprint density at radius 2 is 2.05 bits per heavy atom. The van der Waals surface area contributed by atoms with Crippen molar-refractivity contribution in [3.05, 3.63) is 51.9 Å². The van der Waals surface area contributed by atoms with Gasteiger partial charge in [-0.05, 0) is 17.7 Å². The van der Waals surface area contributed by atoms with Gasteiger partial charge < -0.3 is 10.7 Å². The summed E-state index contributed by atoms with van der Waals surface area (Å²) < 4.78 is 39.0. The smallest absolute Gasteiger partial charge is 0.326 e. The fourth-order valence-electron chi connectivity index (χ4n) is 1.52. The van der Waals surface area contributed by atoms with Crippen LogP contribution in [0.1, 0.15) is 11.1 Å². The van der Waals surface area contributed by atoms with Gasteiger partial charge in [0.2, 0.25) is 0 Å². The Labute approximate surface area is 116 Å². The van der Waals surface area contributed by atoms with Crippen molar-refractivity contribution in [3.63, 3.8) is 0 Å². The van der Waals surface area contributed by atoms with Gasteiger partial charge in [0.25, 0.3) is 5.56 Å². The summed E-state index contributed by atoms with van der Waals surface area (Å²) in [6.45, 7) is 0.0223. The minimum Gasteiger partial charge on any atom is -0.326 e. The van der Waals surface area contributed by atoms with E-state index in [9.17, 15) is 18.0 Å². The van der Waals surface area contributed by atoms with Gasteiger partial charge in [-0.3, -0.25) is 4.79 Å². The van der Waals surface area contributed by atoms with Crippen LogP contribution in [0.25, 0.3) is 0 Å². The summed E-state index contributed by atoms with van der Waals surface area (Å²) in [6.07, 6.45) is -3.26. The van der Waals surface area contributed by atoms with Gasteiger partial charge in [0.05, 0.1) is 5.56 Å². The van der Waals surface area contributed by atoms with E-state index in [2.05, 4.69) is 9.97 Å². The van der Waals surface area contributed by atoms with Crippen molar-refractivity contribution >= 4 is 11.8 Å². The molecule has 0 amide bonds. The van der Waals surface area contributed by atoms with Gasteiger partial charge >= 0.3 is 6.18 Å². The number of hydrogen-bond acceptors (Lipinski definition) is 4. The molecule has 1 aromatic carbocycles. The molecule has 0 aliphatic carbocycles. The van der Waals surface area contributed by atoms with Crippen molar-refractivity contribution in [3.8, 4) is 0 Å². The zero-order valence-corrected chi connectivity index (χ0v) is 10.9. The molecule has 20 heavy (non-hydrogen) atoms. The summed E-state index contributed by atoms with van der Waals surface area (Å²) in [7, 11) is 0. The van der Waals surface area contributed by atoms with E-state index in [1.54, 1.807) is 0 Å². The normalized spacial score (nSPS) is 11.6. The van der Waals surface area contributed by atoms with E-state index >= 15 is 0 Å². The second kappa shape index (κ2) is 5.68. The largest absolute Gasteiger partial charge is 0.417 e. The van der Waals surface area contributed by atoms with E-state index in [0.717, 1.165) is 17.8 Å². The van der Waals surface area contributed by atoms with Crippen molar-refractivity contribution in [1.29, 1.82) is 0 Å². The van der Waals surface area contributed by atoms with Crippen LogP contribution in [0.15, 0.2) is 45.3 Å². The Hall–Kier alpha value is -1.80. The lowest BCUT2D eigenvalue weighted by Crippen LogP contribution is -2.10. The number of rotatable bonds is 3. The zero-order chi connectivity index (χ0) is 14.8. The lowest BCUT2D eigenvalue weighted by Gasteiger charge is -2.13. The van der Waals surface area contributed by atoms with Gasteiger partial charge in [-0.25, -0.2) is 4.98 Å². The maximum atomic E-state index is 13.0. The number of nitrogens with one attached hydrogen (secondary N) is 1. The highest BCUT2D eigenvalue weighted by Gasteiger charge is 2.34. The Bertz CT molecular complexity index is 669. The quantitative estimate of drug-likeness (QED) is 0.854. The molecule has 2 rings (SSSR count). The molecule has 0 aliphatic heterocycles. The van der Waals surface area contributed by atoms with Crippen molar-refractivity contribution in [1.82, 2.24) is 9.97 Å². The van der Waals surface area contributed by atoms with E-state index in [1.165, 1.54) is 24.4 Å². The van der Waals surface area contributed by atoms with Gasteiger partial charge in [0.1, 0.15) is 0 Å². The second-order valence-electron chi connectivity index (χ2n) is 3.87. The van der Waals surface area contributed by atoms with Crippen LogP contribution in [0.3, 0.4) is 0 Å². The van der Waals surface area contributed by atoms with Crippen LogP contribution in [0.4, 0.5) is 13.2 Å². The van der Waals surface area contributed by atoms with Crippen molar-refractivity contribution in [2.45, 2.75) is 22.8 Å². The fourth-order valence-corrected chi connectivity index (χ4v) is 2.42. The molecule has 0 saturated carbocycles. The minimum atomic E-state index is -4.50. The lowest BCUT2D eigenvalue weighted by molar-refractivity contribution is -0.139. The van der Waals surface area contributed by atoms with Crippen LogP contribution in [-0.4, -0.2) is 9.97 Å². The molecule has 1 heterocycles. The first-order valence-corrected chi connectivity index (χ1v) is 6.35. The SMILES string of the molecule is NCc1ccc(Sc2nccc(=O)[nH]2)c(C(F)(F)F)c1. The monoisotopic (exact) mass is 301 g/mol. The van der Waals surface area contributed by atoms with Crippen LogP contribution in [0, 0.1) is 0 Å². The second-order valence-corrected chi connectivity index (χ2v) is 4.90. The number of hydrogen-bond donors (Lipinski definition) is 2. The van der Waals surface area contributed by atoms with E-state index < -0.39 is 17.3 Å². The molecule has 0 fully saturated rings. The highest BCUT2D eigenvalue weighted by atomic mass is 32.2. The zero-order valence-electron chi connectivity index (χ0n) is 10.1. The van der Waals surface area contributed by atoms with Crippen LogP contribution in [0.5, 0.6) is 0 Å². The molecule has 106 valence electrons. The minimum absolute atomic E-state index is 0.0223. The number of aromatic nitrogens is 2. The first-order valence-electron chi connectivity index (χ1n) is 5.53. The lowest BCUT2D eigenvalue weighted by atomic mass is 10.1. The van der Waals surface area contributed by atoms with Gasteiger partial charge in [0.15, 0.2) is 5.16 Å². The standard InChI is InChI=1S/C12H10F3N3OS/c13-12(14,15)8-5-7(6-16)1-2-9(8)20-11-17-4-3-10(19)18-11/h1-5H,6,16H2,(H,17,18,19). The Morgan fingerprint density at radius 3 is 2.65 bits per heavy atom. The molecular weight excluding hydrogens is 291 g/mol. The number of nitrogens with two attached hydrogens (primary N) is 1. The summed E-state index contributed by atoms with van der Waals surface area (Å²) >= 11 is 0.747. The summed E-state index contributed by atoms with van der Waals surface area (Å²) in [4.78, 5) is 17.3. The first-order chi connectivity index (χ1) is 9.40. The van der Waals surface area contributed by atoms with Gasteiger partial charge in [0, 0.05) is 23.7 Å².